The Morgan fingerprint density at radius 2 is 2.08 bits per heavy atom. The van der Waals surface area contributed by atoms with Crippen molar-refractivity contribution < 1.29 is 19.2 Å². The molecule has 7 nitrogen and oxygen atoms in total. The maximum atomic E-state index is 12.0. The quantitative estimate of drug-likeness (QED) is 0.442. The summed E-state index contributed by atoms with van der Waals surface area (Å²) in [6.07, 6.45) is 0. The van der Waals surface area contributed by atoms with E-state index in [0.717, 1.165) is 4.47 Å². The van der Waals surface area contributed by atoms with Gasteiger partial charge in [0.05, 0.1) is 18.6 Å². The van der Waals surface area contributed by atoms with Gasteiger partial charge in [-0.2, -0.15) is 0 Å². The van der Waals surface area contributed by atoms with Crippen molar-refractivity contribution in [2.24, 2.45) is 0 Å². The van der Waals surface area contributed by atoms with Gasteiger partial charge in [-0.05, 0) is 30.3 Å². The molecule has 24 heavy (non-hydrogen) atoms. The molecule has 8 heteroatoms. The number of rotatable bonds is 7. The Kier molecular flexibility index (Phi) is 6.14. The van der Waals surface area contributed by atoms with Crippen molar-refractivity contribution in [1.82, 2.24) is 5.32 Å². The van der Waals surface area contributed by atoms with Crippen LogP contribution in [0, 0.1) is 10.1 Å². The van der Waals surface area contributed by atoms with Gasteiger partial charge < -0.3 is 14.8 Å². The highest BCUT2D eigenvalue weighted by Gasteiger charge is 2.17. The molecule has 2 aromatic carbocycles. The zero-order valence-corrected chi connectivity index (χ0v) is 14.4. The molecule has 0 bridgehead atoms. The molecule has 0 aliphatic carbocycles. The van der Waals surface area contributed by atoms with Crippen LogP contribution in [0.2, 0.25) is 0 Å². The van der Waals surface area contributed by atoms with Crippen molar-refractivity contribution in [1.29, 1.82) is 0 Å². The predicted octanol–water partition coefficient (Wildman–Crippen LogP) is 3.17. The van der Waals surface area contributed by atoms with Crippen LogP contribution in [0.15, 0.2) is 46.9 Å². The average Bonchev–Trinajstić information content (AvgIpc) is 2.58. The first-order valence-corrected chi connectivity index (χ1v) is 7.79. The number of hydrogen-bond acceptors (Lipinski definition) is 5. The maximum Gasteiger partial charge on any atom is 0.311 e. The molecule has 0 unspecified atom stereocenters. The van der Waals surface area contributed by atoms with Crippen molar-refractivity contribution in [2.75, 3.05) is 20.3 Å². The van der Waals surface area contributed by atoms with Gasteiger partial charge in [-0.1, -0.05) is 22.0 Å². The van der Waals surface area contributed by atoms with E-state index < -0.39 is 10.8 Å². The molecule has 0 atom stereocenters. The Bertz CT molecular complexity index is 751. The standard InChI is InChI=1S/C16H15BrN2O5/c1-23-15-6-5-11(9-14(15)19(21)22)16(20)18-7-8-24-13-4-2-3-12(17)10-13/h2-6,9-10H,7-8H2,1H3,(H,18,20). The Morgan fingerprint density at radius 1 is 1.29 bits per heavy atom. The lowest BCUT2D eigenvalue weighted by Gasteiger charge is -2.09. The van der Waals surface area contributed by atoms with E-state index >= 15 is 0 Å². The summed E-state index contributed by atoms with van der Waals surface area (Å²) in [5.74, 6) is 0.367. The van der Waals surface area contributed by atoms with E-state index in [9.17, 15) is 14.9 Å². The Labute approximate surface area is 146 Å². The van der Waals surface area contributed by atoms with Gasteiger partial charge in [0.25, 0.3) is 5.91 Å². The zero-order valence-electron chi connectivity index (χ0n) is 12.8. The first-order chi connectivity index (χ1) is 11.5. The van der Waals surface area contributed by atoms with Gasteiger partial charge >= 0.3 is 5.69 Å². The van der Waals surface area contributed by atoms with Crippen molar-refractivity contribution in [3.63, 3.8) is 0 Å². The molecule has 0 heterocycles. The fourth-order valence-corrected chi connectivity index (χ4v) is 2.34. The van der Waals surface area contributed by atoms with Crippen LogP contribution in [-0.2, 0) is 0 Å². The first-order valence-electron chi connectivity index (χ1n) is 7.00. The molecule has 0 spiro atoms. The van der Waals surface area contributed by atoms with E-state index in [0.29, 0.717) is 5.75 Å². The third kappa shape index (κ3) is 4.69. The smallest absolute Gasteiger partial charge is 0.311 e. The van der Waals surface area contributed by atoms with E-state index in [4.69, 9.17) is 9.47 Å². The molecule has 0 aromatic heterocycles. The van der Waals surface area contributed by atoms with Crippen LogP contribution in [0.5, 0.6) is 11.5 Å². The van der Waals surface area contributed by atoms with E-state index in [1.807, 2.05) is 18.2 Å². The Hall–Kier alpha value is -2.61. The lowest BCUT2D eigenvalue weighted by molar-refractivity contribution is -0.385. The molecule has 2 rings (SSSR count). The van der Waals surface area contributed by atoms with Gasteiger partial charge in [0.1, 0.15) is 12.4 Å². The number of carbonyl (C=O) groups excluding carboxylic acids is 1. The van der Waals surface area contributed by atoms with Gasteiger partial charge in [-0.15, -0.1) is 0 Å². The van der Waals surface area contributed by atoms with E-state index in [2.05, 4.69) is 21.2 Å². The number of ether oxygens (including phenoxy) is 2. The second kappa shape index (κ2) is 8.30. The molecule has 1 N–H and O–H groups in total. The number of nitrogens with zero attached hydrogens (tertiary/aromatic N) is 1. The van der Waals surface area contributed by atoms with Crippen molar-refractivity contribution in [3.8, 4) is 11.5 Å². The van der Waals surface area contributed by atoms with E-state index in [1.54, 1.807) is 6.07 Å². The minimum atomic E-state index is -0.591. The molecule has 0 fully saturated rings. The molecule has 0 saturated carbocycles. The summed E-state index contributed by atoms with van der Waals surface area (Å²) < 4.78 is 11.3. The monoisotopic (exact) mass is 394 g/mol. The minimum Gasteiger partial charge on any atom is -0.492 e. The molecule has 2 aromatic rings. The summed E-state index contributed by atoms with van der Waals surface area (Å²) in [5.41, 5.74) is -0.0690. The van der Waals surface area contributed by atoms with E-state index in [-0.39, 0.29) is 30.2 Å². The highest BCUT2D eigenvalue weighted by atomic mass is 79.9. The summed E-state index contributed by atoms with van der Waals surface area (Å²) >= 11 is 3.34. The van der Waals surface area contributed by atoms with Gasteiger partial charge in [-0.3, -0.25) is 14.9 Å². The number of nitrogens with one attached hydrogen (secondary N) is 1. The lowest BCUT2D eigenvalue weighted by atomic mass is 10.1. The molecule has 0 radical (unpaired) electrons. The van der Waals surface area contributed by atoms with Gasteiger partial charge in [0, 0.05) is 16.1 Å². The second-order valence-electron chi connectivity index (χ2n) is 4.71. The van der Waals surface area contributed by atoms with Crippen LogP contribution in [-0.4, -0.2) is 31.1 Å². The fraction of sp³-hybridized carbons (Fsp3) is 0.188. The number of nitro benzene ring substituents is 1. The predicted molar refractivity (Wildman–Crippen MR) is 91.6 cm³/mol. The third-order valence-electron chi connectivity index (χ3n) is 3.09. The van der Waals surface area contributed by atoms with Crippen LogP contribution in [0.1, 0.15) is 10.4 Å². The summed E-state index contributed by atoms with van der Waals surface area (Å²) in [4.78, 5) is 22.4. The lowest BCUT2D eigenvalue weighted by Crippen LogP contribution is -2.28. The largest absolute Gasteiger partial charge is 0.492 e. The van der Waals surface area contributed by atoms with Gasteiger partial charge in [0.2, 0.25) is 0 Å². The van der Waals surface area contributed by atoms with Crippen LogP contribution < -0.4 is 14.8 Å². The number of amides is 1. The highest BCUT2D eigenvalue weighted by Crippen LogP contribution is 2.27. The normalized spacial score (nSPS) is 10.1. The van der Waals surface area contributed by atoms with Crippen LogP contribution in [0.3, 0.4) is 0 Å². The zero-order chi connectivity index (χ0) is 17.5. The molecular formula is C16H15BrN2O5. The topological polar surface area (TPSA) is 90.7 Å². The maximum absolute atomic E-state index is 12.0. The van der Waals surface area contributed by atoms with Crippen molar-refractivity contribution in [2.45, 2.75) is 0 Å². The second-order valence-corrected chi connectivity index (χ2v) is 5.62. The Balaban J connectivity index is 1.90. The summed E-state index contributed by atoms with van der Waals surface area (Å²) in [6.45, 7) is 0.547. The molecular weight excluding hydrogens is 380 g/mol. The molecule has 0 aliphatic heterocycles. The summed E-state index contributed by atoms with van der Waals surface area (Å²) in [6, 6.07) is 11.4. The number of nitro groups is 1. The summed E-state index contributed by atoms with van der Waals surface area (Å²) in [5, 5.41) is 13.6. The van der Waals surface area contributed by atoms with Crippen molar-refractivity contribution in [3.05, 3.63) is 62.6 Å². The molecule has 1 amide bonds. The average molecular weight is 395 g/mol. The minimum absolute atomic E-state index is 0.106. The Morgan fingerprint density at radius 3 is 2.75 bits per heavy atom. The van der Waals surface area contributed by atoms with Gasteiger partial charge in [0.15, 0.2) is 5.75 Å². The number of methoxy groups -OCH3 is 1. The number of hydrogen-bond donors (Lipinski definition) is 1. The molecule has 0 aliphatic rings. The highest BCUT2D eigenvalue weighted by molar-refractivity contribution is 9.10. The fourth-order valence-electron chi connectivity index (χ4n) is 1.97. The first kappa shape index (κ1) is 17.7. The number of halogens is 1. The van der Waals surface area contributed by atoms with Crippen LogP contribution in [0.4, 0.5) is 5.69 Å². The van der Waals surface area contributed by atoms with Crippen LogP contribution >= 0.6 is 15.9 Å². The third-order valence-corrected chi connectivity index (χ3v) is 3.58. The number of carbonyl (C=O) groups is 1. The van der Waals surface area contributed by atoms with Gasteiger partial charge in [-0.25, -0.2) is 0 Å². The SMILES string of the molecule is COc1ccc(C(=O)NCCOc2cccc(Br)c2)cc1[N+](=O)[O-]. The summed E-state index contributed by atoms with van der Waals surface area (Å²) in [7, 11) is 1.33. The van der Waals surface area contributed by atoms with Crippen molar-refractivity contribution >= 4 is 27.5 Å². The molecule has 126 valence electrons. The molecule has 0 saturated heterocycles. The number of benzene rings is 2. The van der Waals surface area contributed by atoms with Crippen LogP contribution in [0.25, 0.3) is 0 Å². The van der Waals surface area contributed by atoms with E-state index in [1.165, 1.54) is 25.3 Å².